The van der Waals surface area contributed by atoms with Gasteiger partial charge in [0.15, 0.2) is 0 Å². The number of hydrogen-bond acceptors (Lipinski definition) is 3. The fourth-order valence-electron chi connectivity index (χ4n) is 3.89. The predicted octanol–water partition coefficient (Wildman–Crippen LogP) is 7.77. The third-order valence-corrected chi connectivity index (χ3v) is 6.18. The molecule has 0 bridgehead atoms. The third kappa shape index (κ3) is 4.70. The van der Waals surface area contributed by atoms with Gasteiger partial charge in [0, 0.05) is 28.0 Å². The van der Waals surface area contributed by atoms with Gasteiger partial charge in [-0.15, -0.1) is 5.10 Å². The van der Waals surface area contributed by atoms with Gasteiger partial charge >= 0.3 is 0 Å². The summed E-state index contributed by atoms with van der Waals surface area (Å²) >= 11 is 12.7. The minimum absolute atomic E-state index is 0.390. The average molecular weight is 471 g/mol. The molecule has 4 aromatic carbocycles. The Morgan fingerprint density at radius 1 is 0.697 bits per heavy atom. The third-order valence-electron chi connectivity index (χ3n) is 5.50. The van der Waals surface area contributed by atoms with Crippen molar-refractivity contribution in [3.63, 3.8) is 0 Å². The number of ether oxygens (including phenoxy) is 1. The zero-order valence-corrected chi connectivity index (χ0v) is 19.2. The molecule has 0 saturated heterocycles. The summed E-state index contributed by atoms with van der Waals surface area (Å²) in [6.45, 7) is 0.390. The summed E-state index contributed by atoms with van der Waals surface area (Å²) in [4.78, 5) is 0. The number of halogens is 2. The highest BCUT2D eigenvalue weighted by Crippen LogP contribution is 2.35. The maximum Gasteiger partial charge on any atom is 0.120 e. The van der Waals surface area contributed by atoms with E-state index in [2.05, 4.69) is 28.4 Å². The quantitative estimate of drug-likeness (QED) is 0.254. The van der Waals surface area contributed by atoms with Crippen molar-refractivity contribution in [2.75, 3.05) is 0 Å². The van der Waals surface area contributed by atoms with Crippen LogP contribution >= 0.6 is 23.2 Å². The maximum atomic E-state index is 6.45. The first-order chi connectivity index (χ1) is 16.2. The molecule has 3 nitrogen and oxygen atoms in total. The molecule has 0 atom stereocenters. The van der Waals surface area contributed by atoms with Gasteiger partial charge in [-0.05, 0) is 35.4 Å². The molecular formula is C28H20Cl2N2O. The van der Waals surface area contributed by atoms with Gasteiger partial charge < -0.3 is 4.74 Å². The van der Waals surface area contributed by atoms with Crippen molar-refractivity contribution >= 4 is 34.1 Å². The minimum Gasteiger partial charge on any atom is -0.489 e. The van der Waals surface area contributed by atoms with Crippen molar-refractivity contribution in [2.45, 2.75) is 13.0 Å². The number of benzene rings is 4. The van der Waals surface area contributed by atoms with Crippen molar-refractivity contribution in [1.82, 2.24) is 10.2 Å². The molecule has 5 heteroatoms. The highest BCUT2D eigenvalue weighted by molar-refractivity contribution is 6.35. The van der Waals surface area contributed by atoms with Crippen LogP contribution < -0.4 is 4.74 Å². The molecule has 33 heavy (non-hydrogen) atoms. The van der Waals surface area contributed by atoms with Gasteiger partial charge in [0.25, 0.3) is 0 Å². The van der Waals surface area contributed by atoms with E-state index in [4.69, 9.17) is 27.9 Å². The Morgan fingerprint density at radius 2 is 1.45 bits per heavy atom. The van der Waals surface area contributed by atoms with E-state index in [0.717, 1.165) is 33.5 Å². The monoisotopic (exact) mass is 470 g/mol. The van der Waals surface area contributed by atoms with Crippen LogP contribution in [0.1, 0.15) is 16.8 Å². The van der Waals surface area contributed by atoms with Crippen molar-refractivity contribution < 1.29 is 4.74 Å². The van der Waals surface area contributed by atoms with Crippen LogP contribution in [0, 0.1) is 0 Å². The highest BCUT2D eigenvalue weighted by Gasteiger charge is 2.16. The second-order valence-electron chi connectivity index (χ2n) is 7.73. The van der Waals surface area contributed by atoms with Crippen LogP contribution in [0.4, 0.5) is 0 Å². The van der Waals surface area contributed by atoms with Gasteiger partial charge in [-0.25, -0.2) is 0 Å². The Kier molecular flexibility index (Phi) is 6.25. The number of fused-ring (bicyclic) bond motifs is 1. The fraction of sp³-hybridized carbons (Fsp3) is 0.0714. The minimum atomic E-state index is 0.390. The summed E-state index contributed by atoms with van der Waals surface area (Å²) in [6.07, 6.45) is 0.663. The molecule has 0 spiro atoms. The highest BCUT2D eigenvalue weighted by atomic mass is 35.5. The number of aromatic nitrogens is 2. The Balaban J connectivity index is 1.57. The molecule has 5 aromatic rings. The fourth-order valence-corrected chi connectivity index (χ4v) is 4.29. The van der Waals surface area contributed by atoms with E-state index in [0.29, 0.717) is 28.6 Å². The molecular weight excluding hydrogens is 451 g/mol. The van der Waals surface area contributed by atoms with Crippen molar-refractivity contribution in [3.05, 3.63) is 124 Å². The molecule has 0 saturated carbocycles. The van der Waals surface area contributed by atoms with E-state index >= 15 is 0 Å². The molecule has 0 fully saturated rings. The standard InChI is InChI=1S/C28H20Cl2N2O/c29-24-14-5-4-10-21(24)18-33-22-12-6-11-20(17-22)27-23-13-7-15-25(30)28(23)32-31-26(27)16-19-8-2-1-3-9-19/h1-15,17H,16,18H2. The second kappa shape index (κ2) is 9.62. The van der Waals surface area contributed by atoms with E-state index in [1.165, 1.54) is 5.56 Å². The van der Waals surface area contributed by atoms with E-state index in [1.807, 2.05) is 78.9 Å². The van der Waals surface area contributed by atoms with Gasteiger partial charge in [-0.1, -0.05) is 96.0 Å². The van der Waals surface area contributed by atoms with Gasteiger partial charge in [-0.2, -0.15) is 5.10 Å². The zero-order valence-electron chi connectivity index (χ0n) is 17.7. The summed E-state index contributed by atoms with van der Waals surface area (Å²) in [5, 5.41) is 11.3. The second-order valence-corrected chi connectivity index (χ2v) is 8.54. The van der Waals surface area contributed by atoms with Gasteiger partial charge in [0.2, 0.25) is 0 Å². The largest absolute Gasteiger partial charge is 0.489 e. The summed E-state index contributed by atoms with van der Waals surface area (Å²) in [7, 11) is 0. The zero-order chi connectivity index (χ0) is 22.6. The van der Waals surface area contributed by atoms with Crippen LogP contribution in [0.15, 0.2) is 97.1 Å². The lowest BCUT2D eigenvalue weighted by Crippen LogP contribution is -2.01. The van der Waals surface area contributed by atoms with Gasteiger partial charge in [-0.3, -0.25) is 0 Å². The number of nitrogens with zero attached hydrogens (tertiary/aromatic N) is 2. The van der Waals surface area contributed by atoms with Gasteiger partial charge in [0.1, 0.15) is 17.9 Å². The molecule has 0 amide bonds. The Morgan fingerprint density at radius 3 is 2.30 bits per heavy atom. The topological polar surface area (TPSA) is 35.0 Å². The Labute approximate surface area is 202 Å². The summed E-state index contributed by atoms with van der Waals surface area (Å²) in [5.74, 6) is 0.755. The molecule has 0 aliphatic rings. The average Bonchev–Trinajstić information content (AvgIpc) is 2.84. The molecule has 0 aliphatic carbocycles. The van der Waals surface area contributed by atoms with E-state index in [1.54, 1.807) is 0 Å². The molecule has 0 radical (unpaired) electrons. The van der Waals surface area contributed by atoms with E-state index in [-0.39, 0.29) is 0 Å². The molecule has 0 N–H and O–H groups in total. The summed E-state index contributed by atoms with van der Waals surface area (Å²) in [6, 6.07) is 31.8. The normalized spacial score (nSPS) is 11.0. The van der Waals surface area contributed by atoms with Crippen LogP contribution in [0.3, 0.4) is 0 Å². The van der Waals surface area contributed by atoms with E-state index in [9.17, 15) is 0 Å². The molecule has 1 aromatic heterocycles. The first kappa shape index (κ1) is 21.4. The Hall–Kier alpha value is -3.40. The van der Waals surface area contributed by atoms with Crippen LogP contribution in [-0.2, 0) is 13.0 Å². The molecule has 1 heterocycles. The smallest absolute Gasteiger partial charge is 0.120 e. The van der Waals surface area contributed by atoms with Crippen molar-refractivity contribution in [1.29, 1.82) is 0 Å². The number of hydrogen-bond donors (Lipinski definition) is 0. The van der Waals surface area contributed by atoms with Crippen molar-refractivity contribution in [3.8, 4) is 16.9 Å². The molecule has 5 rings (SSSR count). The van der Waals surface area contributed by atoms with Crippen LogP contribution in [0.25, 0.3) is 22.0 Å². The summed E-state index contributed by atoms with van der Waals surface area (Å²) in [5.41, 5.74) is 5.69. The lowest BCUT2D eigenvalue weighted by Gasteiger charge is -2.14. The van der Waals surface area contributed by atoms with Gasteiger partial charge in [0.05, 0.1) is 10.7 Å². The van der Waals surface area contributed by atoms with Crippen LogP contribution in [0.2, 0.25) is 10.0 Å². The number of rotatable bonds is 6. The molecule has 162 valence electrons. The maximum absolute atomic E-state index is 6.45. The molecule has 0 unspecified atom stereocenters. The van der Waals surface area contributed by atoms with Crippen LogP contribution in [-0.4, -0.2) is 10.2 Å². The predicted molar refractivity (Wildman–Crippen MR) is 135 cm³/mol. The summed E-state index contributed by atoms with van der Waals surface area (Å²) < 4.78 is 6.08. The first-order valence-corrected chi connectivity index (χ1v) is 11.4. The van der Waals surface area contributed by atoms with Crippen molar-refractivity contribution in [2.24, 2.45) is 0 Å². The lowest BCUT2D eigenvalue weighted by molar-refractivity contribution is 0.306. The molecule has 0 aliphatic heterocycles. The van der Waals surface area contributed by atoms with E-state index < -0.39 is 0 Å². The first-order valence-electron chi connectivity index (χ1n) is 10.6. The van der Waals surface area contributed by atoms with Crippen LogP contribution in [0.5, 0.6) is 5.75 Å². The lowest BCUT2D eigenvalue weighted by atomic mass is 9.96. The SMILES string of the molecule is Clc1ccccc1COc1cccc(-c2c(Cc3ccccc3)nnc3c(Cl)cccc23)c1. The Bertz CT molecular complexity index is 1420.